The normalized spacial score (nSPS) is 27.1. The maximum atomic E-state index is 14.1. The first-order valence-electron chi connectivity index (χ1n) is 11.3. The van der Waals surface area contributed by atoms with E-state index < -0.39 is 17.3 Å². The Bertz CT molecular complexity index is 1260. The molecule has 2 bridgehead atoms. The number of hydrogen-bond acceptors (Lipinski definition) is 4. The zero-order chi connectivity index (χ0) is 22.7. The van der Waals surface area contributed by atoms with Crippen molar-refractivity contribution in [2.24, 2.45) is 16.8 Å². The molecule has 3 aromatic carbocycles. The average molecular weight is 437 g/mol. The van der Waals surface area contributed by atoms with E-state index in [0.29, 0.717) is 5.69 Å². The summed E-state index contributed by atoms with van der Waals surface area (Å²) in [4.78, 5) is 33.9. The van der Waals surface area contributed by atoms with Crippen LogP contribution in [0.15, 0.2) is 77.8 Å². The minimum atomic E-state index is -0.853. The largest absolute Gasteiger partial charge is 0.394 e. The first-order valence-corrected chi connectivity index (χ1v) is 11.3. The van der Waals surface area contributed by atoms with Crippen molar-refractivity contribution in [2.45, 2.75) is 18.3 Å². The summed E-state index contributed by atoms with van der Waals surface area (Å²) in [5.74, 6) is -1.59. The standard InChI is InChI=1S/C28H24N2O3/c1-17-10-12-18(13-11-17)30-26(32)24-23-19-6-2-4-8-21(19)28(16-29-14-15-31,25(24)27(30)33)22-9-5-3-7-20(22)23/h2-13,16,23-25,31H,14-15H2,1H3/t23?,24-,25-,28?/m1/s1. The molecule has 0 saturated carbocycles. The monoisotopic (exact) mass is 436 g/mol. The second-order valence-corrected chi connectivity index (χ2v) is 9.13. The van der Waals surface area contributed by atoms with Gasteiger partial charge in [0.05, 0.1) is 36.1 Å². The van der Waals surface area contributed by atoms with Crippen LogP contribution < -0.4 is 4.90 Å². The molecule has 2 amide bonds. The van der Waals surface area contributed by atoms with Crippen LogP contribution in [0, 0.1) is 18.8 Å². The lowest BCUT2D eigenvalue weighted by molar-refractivity contribution is -0.122. The summed E-state index contributed by atoms with van der Waals surface area (Å²) in [5.41, 5.74) is 5.06. The number of carbonyl (C=O) groups is 2. The van der Waals surface area contributed by atoms with Gasteiger partial charge in [0.2, 0.25) is 11.8 Å². The van der Waals surface area contributed by atoms with Gasteiger partial charge in [-0.25, -0.2) is 4.90 Å². The Labute approximate surface area is 192 Å². The Morgan fingerprint density at radius 2 is 1.52 bits per heavy atom. The van der Waals surface area contributed by atoms with Crippen molar-refractivity contribution in [3.8, 4) is 0 Å². The Kier molecular flexibility index (Phi) is 4.39. The van der Waals surface area contributed by atoms with Crippen LogP contribution in [0.25, 0.3) is 0 Å². The summed E-state index contributed by atoms with van der Waals surface area (Å²) < 4.78 is 0. The second kappa shape index (κ2) is 7.22. The van der Waals surface area contributed by atoms with Crippen LogP contribution in [0.5, 0.6) is 0 Å². The van der Waals surface area contributed by atoms with Crippen LogP contribution in [0.3, 0.4) is 0 Å². The van der Waals surface area contributed by atoms with Crippen LogP contribution >= 0.6 is 0 Å². The Morgan fingerprint density at radius 3 is 2.12 bits per heavy atom. The third-order valence-corrected chi connectivity index (χ3v) is 7.50. The lowest BCUT2D eigenvalue weighted by Gasteiger charge is -2.52. The molecule has 164 valence electrons. The number of aryl methyl sites for hydroxylation is 1. The summed E-state index contributed by atoms with van der Waals surface area (Å²) in [6, 6.07) is 23.8. The quantitative estimate of drug-likeness (QED) is 0.502. The fraction of sp³-hybridized carbons (Fsp3) is 0.250. The van der Waals surface area contributed by atoms with E-state index in [2.05, 4.69) is 29.3 Å². The number of rotatable bonds is 4. The first kappa shape index (κ1) is 20.1. The van der Waals surface area contributed by atoms with Crippen LogP contribution in [-0.2, 0) is 15.0 Å². The molecule has 0 spiro atoms. The lowest BCUT2D eigenvalue weighted by atomic mass is 9.47. The minimum Gasteiger partial charge on any atom is -0.394 e. The number of imide groups is 1. The van der Waals surface area contributed by atoms with Crippen molar-refractivity contribution in [3.05, 3.63) is 101 Å². The molecule has 5 nitrogen and oxygen atoms in total. The number of amides is 2. The van der Waals surface area contributed by atoms with E-state index in [1.165, 1.54) is 4.90 Å². The van der Waals surface area contributed by atoms with Gasteiger partial charge in [-0.2, -0.15) is 0 Å². The smallest absolute Gasteiger partial charge is 0.239 e. The molecule has 1 fully saturated rings. The number of anilines is 1. The van der Waals surface area contributed by atoms with Crippen molar-refractivity contribution in [2.75, 3.05) is 18.1 Å². The van der Waals surface area contributed by atoms with E-state index in [4.69, 9.17) is 0 Å². The number of benzene rings is 3. The van der Waals surface area contributed by atoms with Crippen LogP contribution in [0.4, 0.5) is 5.69 Å². The summed E-state index contributed by atoms with van der Waals surface area (Å²) in [6.07, 6.45) is 1.83. The predicted molar refractivity (Wildman–Crippen MR) is 127 cm³/mol. The maximum Gasteiger partial charge on any atom is 0.239 e. The second-order valence-electron chi connectivity index (χ2n) is 9.13. The van der Waals surface area contributed by atoms with Gasteiger partial charge in [0.25, 0.3) is 0 Å². The maximum absolute atomic E-state index is 14.1. The molecule has 1 saturated heterocycles. The molecule has 1 aliphatic heterocycles. The number of aliphatic imine (C=N–C) groups is 1. The van der Waals surface area contributed by atoms with E-state index in [-0.39, 0.29) is 30.9 Å². The Hall–Kier alpha value is -3.57. The van der Waals surface area contributed by atoms with Crippen molar-refractivity contribution in [3.63, 3.8) is 0 Å². The van der Waals surface area contributed by atoms with Crippen molar-refractivity contribution < 1.29 is 14.7 Å². The zero-order valence-corrected chi connectivity index (χ0v) is 18.3. The minimum absolute atomic E-state index is 0.0744. The molecule has 33 heavy (non-hydrogen) atoms. The highest BCUT2D eigenvalue weighted by Gasteiger charge is 2.67. The molecule has 0 unspecified atom stereocenters. The Balaban J connectivity index is 1.63. The molecule has 0 radical (unpaired) electrons. The van der Waals surface area contributed by atoms with Gasteiger partial charge in [-0.1, -0.05) is 66.2 Å². The topological polar surface area (TPSA) is 70.0 Å². The van der Waals surface area contributed by atoms with Crippen molar-refractivity contribution >= 4 is 23.7 Å². The summed E-state index contributed by atoms with van der Waals surface area (Å²) in [7, 11) is 0. The summed E-state index contributed by atoms with van der Waals surface area (Å²) >= 11 is 0. The molecule has 4 aliphatic rings. The van der Waals surface area contributed by atoms with Crippen LogP contribution in [0.1, 0.15) is 33.7 Å². The number of carbonyl (C=O) groups excluding carboxylic acids is 2. The molecule has 1 heterocycles. The van der Waals surface area contributed by atoms with Gasteiger partial charge in [-0.3, -0.25) is 14.6 Å². The molecule has 0 aromatic heterocycles. The fourth-order valence-electron chi connectivity index (χ4n) is 6.26. The van der Waals surface area contributed by atoms with E-state index in [9.17, 15) is 14.7 Å². The van der Waals surface area contributed by atoms with E-state index in [1.807, 2.05) is 61.7 Å². The highest BCUT2D eigenvalue weighted by Crippen LogP contribution is 2.63. The summed E-state index contributed by atoms with van der Waals surface area (Å²) in [6.45, 7) is 2.16. The molecule has 3 aliphatic carbocycles. The zero-order valence-electron chi connectivity index (χ0n) is 18.3. The van der Waals surface area contributed by atoms with Gasteiger partial charge in [0, 0.05) is 12.1 Å². The van der Waals surface area contributed by atoms with E-state index >= 15 is 0 Å². The molecule has 5 heteroatoms. The van der Waals surface area contributed by atoms with Gasteiger partial charge >= 0.3 is 0 Å². The van der Waals surface area contributed by atoms with Gasteiger partial charge in [0.1, 0.15) is 0 Å². The highest BCUT2D eigenvalue weighted by atomic mass is 16.3. The van der Waals surface area contributed by atoms with E-state index in [1.54, 1.807) is 0 Å². The summed E-state index contributed by atoms with van der Waals surface area (Å²) in [5, 5.41) is 9.40. The van der Waals surface area contributed by atoms with Gasteiger partial charge in [-0.15, -0.1) is 0 Å². The van der Waals surface area contributed by atoms with E-state index in [0.717, 1.165) is 27.8 Å². The third-order valence-electron chi connectivity index (χ3n) is 7.50. The average Bonchev–Trinajstić information content (AvgIpc) is 3.11. The third kappa shape index (κ3) is 2.54. The fourth-order valence-corrected chi connectivity index (χ4v) is 6.26. The SMILES string of the molecule is Cc1ccc(N2C(=O)[C@@H]3C4c5ccccc5C(C=NCCO)(c5ccccc54)[C@H]3C2=O)cc1. The Morgan fingerprint density at radius 1 is 0.909 bits per heavy atom. The number of aliphatic hydroxyl groups is 1. The lowest BCUT2D eigenvalue weighted by Crippen LogP contribution is -2.54. The van der Waals surface area contributed by atoms with Gasteiger partial charge in [-0.05, 0) is 41.3 Å². The van der Waals surface area contributed by atoms with Crippen LogP contribution in [-0.4, -0.2) is 36.3 Å². The molecule has 1 N–H and O–H groups in total. The van der Waals surface area contributed by atoms with Crippen molar-refractivity contribution in [1.82, 2.24) is 0 Å². The van der Waals surface area contributed by atoms with Crippen molar-refractivity contribution in [1.29, 1.82) is 0 Å². The molecule has 3 aromatic rings. The molecule has 7 rings (SSSR count). The molecule has 2 atom stereocenters. The highest BCUT2D eigenvalue weighted by molar-refractivity contribution is 6.25. The molecular formula is C28H24N2O3. The number of hydrogen-bond donors (Lipinski definition) is 1. The number of aliphatic hydroxyl groups excluding tert-OH is 1. The van der Waals surface area contributed by atoms with Gasteiger partial charge < -0.3 is 5.11 Å². The molecular weight excluding hydrogens is 412 g/mol. The predicted octanol–water partition coefficient (Wildman–Crippen LogP) is 3.61. The van der Waals surface area contributed by atoms with Gasteiger partial charge in [0.15, 0.2) is 0 Å². The van der Waals surface area contributed by atoms with Crippen LogP contribution in [0.2, 0.25) is 0 Å². The first-order chi connectivity index (χ1) is 16.1. The number of nitrogens with zero attached hydrogens (tertiary/aromatic N) is 2.